The fourth-order valence-electron chi connectivity index (χ4n) is 2.47. The Bertz CT molecular complexity index is 235. The number of nitrogens with one attached hydrogen (secondary N) is 1. The number of hydrogen-bond acceptors (Lipinski definition) is 2. The van der Waals surface area contributed by atoms with Crippen LogP contribution < -0.4 is 5.32 Å². The van der Waals surface area contributed by atoms with Gasteiger partial charge in [-0.25, -0.2) is 0 Å². The third kappa shape index (κ3) is 3.66. The molecule has 2 aliphatic rings. The molecule has 1 saturated carbocycles. The summed E-state index contributed by atoms with van der Waals surface area (Å²) >= 11 is 5.48. The number of amides is 1. The average Bonchev–Trinajstić information content (AvgIpc) is 2.81. The largest absolute Gasteiger partial charge is 0.355 e. The highest BCUT2D eigenvalue weighted by Crippen LogP contribution is 2.29. The second kappa shape index (κ2) is 6.29. The second-order valence-electron chi connectivity index (χ2n) is 4.86. The highest BCUT2D eigenvalue weighted by Gasteiger charge is 2.25. The molecule has 92 valence electrons. The second-order valence-corrected chi connectivity index (χ2v) is 7.47. The van der Waals surface area contributed by atoms with Gasteiger partial charge in [0.05, 0.1) is 5.25 Å². The lowest BCUT2D eigenvalue weighted by Gasteiger charge is -2.25. The fraction of sp³-hybridized carbons (Fsp3) is 0.917. The molecule has 1 saturated heterocycles. The summed E-state index contributed by atoms with van der Waals surface area (Å²) in [4.78, 5) is 12.5. The lowest BCUT2D eigenvalue weighted by atomic mass is 9.89. The Balaban J connectivity index is 1.65. The third-order valence-electron chi connectivity index (χ3n) is 3.56. The molecule has 1 heterocycles. The zero-order valence-corrected chi connectivity index (χ0v) is 12.0. The SMILES string of the molecule is O=C(NCC1CCC(Br)CC1)C1CCCS1. The summed E-state index contributed by atoms with van der Waals surface area (Å²) in [7, 11) is 0. The summed E-state index contributed by atoms with van der Waals surface area (Å²) < 4.78 is 0. The van der Waals surface area contributed by atoms with Gasteiger partial charge < -0.3 is 5.32 Å². The number of alkyl halides is 1. The summed E-state index contributed by atoms with van der Waals surface area (Å²) in [6.07, 6.45) is 7.32. The normalized spacial score (nSPS) is 34.9. The van der Waals surface area contributed by atoms with Gasteiger partial charge in [-0.15, -0.1) is 11.8 Å². The van der Waals surface area contributed by atoms with Crippen molar-refractivity contribution < 1.29 is 4.79 Å². The van der Waals surface area contributed by atoms with Crippen LogP contribution in [0.4, 0.5) is 0 Å². The van der Waals surface area contributed by atoms with E-state index in [9.17, 15) is 4.79 Å². The molecule has 16 heavy (non-hydrogen) atoms. The quantitative estimate of drug-likeness (QED) is 0.812. The molecular formula is C12H20BrNOS. The van der Waals surface area contributed by atoms with Crippen LogP contribution in [0.15, 0.2) is 0 Å². The highest BCUT2D eigenvalue weighted by atomic mass is 79.9. The lowest BCUT2D eigenvalue weighted by molar-refractivity contribution is -0.120. The van der Waals surface area contributed by atoms with E-state index in [0.29, 0.717) is 10.7 Å². The van der Waals surface area contributed by atoms with Crippen LogP contribution in [0.25, 0.3) is 0 Å². The molecule has 0 radical (unpaired) electrons. The van der Waals surface area contributed by atoms with Crippen LogP contribution >= 0.6 is 27.7 Å². The van der Waals surface area contributed by atoms with Gasteiger partial charge in [0.25, 0.3) is 0 Å². The van der Waals surface area contributed by atoms with Gasteiger partial charge in [-0.3, -0.25) is 4.79 Å². The molecule has 1 aliphatic heterocycles. The molecule has 2 rings (SSSR count). The van der Waals surface area contributed by atoms with E-state index in [2.05, 4.69) is 21.2 Å². The standard InChI is InChI=1S/C12H20BrNOS/c13-10-5-3-9(4-6-10)8-14-12(15)11-2-1-7-16-11/h9-11H,1-8H2,(H,14,15). The topological polar surface area (TPSA) is 29.1 Å². The zero-order chi connectivity index (χ0) is 11.4. The van der Waals surface area contributed by atoms with Gasteiger partial charge in [0.1, 0.15) is 0 Å². The van der Waals surface area contributed by atoms with Crippen molar-refractivity contribution in [1.82, 2.24) is 5.32 Å². The molecular weight excluding hydrogens is 286 g/mol. The first-order chi connectivity index (χ1) is 7.75. The first-order valence-electron chi connectivity index (χ1n) is 6.29. The van der Waals surface area contributed by atoms with Gasteiger partial charge in [0.2, 0.25) is 5.91 Å². The molecule has 4 heteroatoms. The van der Waals surface area contributed by atoms with Crippen molar-refractivity contribution >= 4 is 33.6 Å². The minimum absolute atomic E-state index is 0.243. The molecule has 1 amide bonds. The molecule has 0 aromatic rings. The molecule has 0 spiro atoms. The van der Waals surface area contributed by atoms with E-state index in [1.54, 1.807) is 0 Å². The van der Waals surface area contributed by atoms with Crippen LogP contribution in [0.1, 0.15) is 38.5 Å². The van der Waals surface area contributed by atoms with Gasteiger partial charge in [-0.1, -0.05) is 15.9 Å². The Morgan fingerprint density at radius 3 is 2.62 bits per heavy atom. The molecule has 1 N–H and O–H groups in total. The Morgan fingerprint density at radius 1 is 1.25 bits per heavy atom. The lowest BCUT2D eigenvalue weighted by Crippen LogP contribution is -2.36. The van der Waals surface area contributed by atoms with E-state index >= 15 is 0 Å². The van der Waals surface area contributed by atoms with Crippen LogP contribution in [0, 0.1) is 5.92 Å². The maximum absolute atomic E-state index is 11.8. The van der Waals surface area contributed by atoms with E-state index in [-0.39, 0.29) is 11.2 Å². The van der Waals surface area contributed by atoms with E-state index in [1.165, 1.54) is 32.1 Å². The van der Waals surface area contributed by atoms with E-state index in [1.807, 2.05) is 11.8 Å². The highest BCUT2D eigenvalue weighted by molar-refractivity contribution is 9.09. The number of rotatable bonds is 3. The maximum atomic E-state index is 11.8. The molecule has 1 unspecified atom stereocenters. The zero-order valence-electron chi connectivity index (χ0n) is 9.58. The molecule has 0 bridgehead atoms. The van der Waals surface area contributed by atoms with Crippen LogP contribution in [-0.4, -0.2) is 28.3 Å². The molecule has 0 aromatic carbocycles. The van der Waals surface area contributed by atoms with Gasteiger partial charge in [-0.2, -0.15) is 0 Å². The van der Waals surface area contributed by atoms with Crippen molar-refractivity contribution in [3.8, 4) is 0 Å². The number of thioether (sulfide) groups is 1. The number of hydrogen-bond donors (Lipinski definition) is 1. The summed E-state index contributed by atoms with van der Waals surface area (Å²) in [5.41, 5.74) is 0. The summed E-state index contributed by atoms with van der Waals surface area (Å²) in [5, 5.41) is 3.38. The third-order valence-corrected chi connectivity index (χ3v) is 5.86. The van der Waals surface area contributed by atoms with Crippen molar-refractivity contribution in [2.24, 2.45) is 5.92 Å². The minimum Gasteiger partial charge on any atom is -0.355 e. The summed E-state index contributed by atoms with van der Waals surface area (Å²) in [5.74, 6) is 2.15. The van der Waals surface area contributed by atoms with Crippen LogP contribution in [0.5, 0.6) is 0 Å². The maximum Gasteiger partial charge on any atom is 0.233 e. The van der Waals surface area contributed by atoms with E-state index < -0.39 is 0 Å². The predicted molar refractivity (Wildman–Crippen MR) is 73.2 cm³/mol. The fourth-order valence-corrected chi connectivity index (χ4v) is 4.18. The Kier molecular flexibility index (Phi) is 5.01. The summed E-state index contributed by atoms with van der Waals surface area (Å²) in [6, 6.07) is 0. The summed E-state index contributed by atoms with van der Waals surface area (Å²) in [6.45, 7) is 0.898. The van der Waals surface area contributed by atoms with E-state index in [4.69, 9.17) is 0 Å². The van der Waals surface area contributed by atoms with Crippen molar-refractivity contribution in [1.29, 1.82) is 0 Å². The van der Waals surface area contributed by atoms with Crippen molar-refractivity contribution in [3.05, 3.63) is 0 Å². The minimum atomic E-state index is 0.243. The van der Waals surface area contributed by atoms with Crippen molar-refractivity contribution in [3.63, 3.8) is 0 Å². The smallest absolute Gasteiger partial charge is 0.233 e. The first-order valence-corrected chi connectivity index (χ1v) is 8.25. The molecule has 0 aromatic heterocycles. The Labute approximate surface area is 110 Å². The first kappa shape index (κ1) is 12.7. The molecule has 1 aliphatic carbocycles. The van der Waals surface area contributed by atoms with E-state index in [0.717, 1.165) is 18.7 Å². The number of carbonyl (C=O) groups is 1. The average molecular weight is 306 g/mol. The van der Waals surface area contributed by atoms with Crippen molar-refractivity contribution in [2.75, 3.05) is 12.3 Å². The van der Waals surface area contributed by atoms with Crippen molar-refractivity contribution in [2.45, 2.75) is 48.6 Å². The Morgan fingerprint density at radius 2 is 2.00 bits per heavy atom. The Hall–Kier alpha value is 0.300. The predicted octanol–water partition coefficient (Wildman–Crippen LogP) is 2.95. The van der Waals surface area contributed by atoms with Crippen LogP contribution in [0.2, 0.25) is 0 Å². The number of carbonyl (C=O) groups excluding carboxylic acids is 1. The van der Waals surface area contributed by atoms with Gasteiger partial charge >= 0.3 is 0 Å². The molecule has 2 nitrogen and oxygen atoms in total. The van der Waals surface area contributed by atoms with Gasteiger partial charge in [0.15, 0.2) is 0 Å². The monoisotopic (exact) mass is 305 g/mol. The molecule has 2 fully saturated rings. The van der Waals surface area contributed by atoms with Crippen LogP contribution in [-0.2, 0) is 4.79 Å². The van der Waals surface area contributed by atoms with Crippen LogP contribution in [0.3, 0.4) is 0 Å². The molecule has 1 atom stereocenters. The number of halogens is 1. The van der Waals surface area contributed by atoms with Gasteiger partial charge in [-0.05, 0) is 50.2 Å². The van der Waals surface area contributed by atoms with Gasteiger partial charge in [0, 0.05) is 11.4 Å².